The van der Waals surface area contributed by atoms with Crippen molar-refractivity contribution in [1.29, 1.82) is 0 Å². The molecule has 0 aromatic carbocycles. The number of nitrogens with zero attached hydrogens (tertiary/aromatic N) is 2. The van der Waals surface area contributed by atoms with Crippen molar-refractivity contribution in [2.45, 2.75) is 33.7 Å². The Morgan fingerprint density at radius 2 is 2.00 bits per heavy atom. The highest BCUT2D eigenvalue weighted by atomic mass is 15.0. The van der Waals surface area contributed by atoms with E-state index in [0.29, 0.717) is 5.92 Å². The minimum Gasteiger partial charge on any atom is -0.367 e. The average Bonchev–Trinajstić information content (AvgIpc) is 2.19. The van der Waals surface area contributed by atoms with Gasteiger partial charge in [0.15, 0.2) is 0 Å². The van der Waals surface area contributed by atoms with E-state index in [1.807, 2.05) is 13.8 Å². The van der Waals surface area contributed by atoms with E-state index in [-0.39, 0.29) is 6.04 Å². The zero-order chi connectivity index (χ0) is 11.4. The van der Waals surface area contributed by atoms with Gasteiger partial charge in [0.25, 0.3) is 0 Å². The molecule has 3 N–H and O–H groups in total. The van der Waals surface area contributed by atoms with Crippen LogP contribution in [0.5, 0.6) is 0 Å². The van der Waals surface area contributed by atoms with Gasteiger partial charge in [-0.1, -0.05) is 13.8 Å². The van der Waals surface area contributed by atoms with Gasteiger partial charge in [0, 0.05) is 12.6 Å². The molecule has 1 unspecified atom stereocenters. The van der Waals surface area contributed by atoms with Crippen molar-refractivity contribution in [1.82, 2.24) is 9.97 Å². The minimum atomic E-state index is 0.147. The molecule has 0 saturated heterocycles. The molecule has 84 valence electrons. The number of hydrogen-bond acceptors (Lipinski definition) is 4. The van der Waals surface area contributed by atoms with Crippen molar-refractivity contribution in [3.8, 4) is 0 Å². The lowest BCUT2D eigenvalue weighted by Gasteiger charge is -2.16. The summed E-state index contributed by atoms with van der Waals surface area (Å²) < 4.78 is 0. The summed E-state index contributed by atoms with van der Waals surface area (Å²) in [7, 11) is 0. The van der Waals surface area contributed by atoms with E-state index in [1.54, 1.807) is 6.20 Å². The third-order valence-electron chi connectivity index (χ3n) is 2.57. The van der Waals surface area contributed by atoms with Gasteiger partial charge in [0.05, 0.1) is 17.6 Å². The van der Waals surface area contributed by atoms with Gasteiger partial charge in [0.1, 0.15) is 5.82 Å². The molecule has 4 heteroatoms. The van der Waals surface area contributed by atoms with Crippen molar-refractivity contribution in [3.63, 3.8) is 0 Å². The van der Waals surface area contributed by atoms with Crippen LogP contribution >= 0.6 is 0 Å². The predicted octanol–water partition coefficient (Wildman–Crippen LogP) is 1.49. The second kappa shape index (κ2) is 5.07. The molecule has 0 amide bonds. The minimum absolute atomic E-state index is 0.147. The van der Waals surface area contributed by atoms with E-state index in [2.05, 4.69) is 29.1 Å². The van der Waals surface area contributed by atoms with Crippen LogP contribution in [0.25, 0.3) is 0 Å². The van der Waals surface area contributed by atoms with E-state index < -0.39 is 0 Å². The van der Waals surface area contributed by atoms with Crippen LogP contribution in [-0.4, -0.2) is 22.6 Å². The zero-order valence-electron chi connectivity index (χ0n) is 9.91. The Labute approximate surface area is 91.3 Å². The molecule has 1 heterocycles. The fourth-order valence-corrected chi connectivity index (χ4v) is 1.09. The maximum Gasteiger partial charge on any atom is 0.144 e. The van der Waals surface area contributed by atoms with Crippen LogP contribution in [-0.2, 0) is 0 Å². The van der Waals surface area contributed by atoms with Crippen LogP contribution in [0.2, 0.25) is 0 Å². The lowest BCUT2D eigenvalue weighted by atomic mass is 10.1. The molecular weight excluding hydrogens is 188 g/mol. The van der Waals surface area contributed by atoms with Gasteiger partial charge < -0.3 is 11.1 Å². The first-order valence-corrected chi connectivity index (χ1v) is 5.30. The molecule has 15 heavy (non-hydrogen) atoms. The molecule has 0 aliphatic rings. The smallest absolute Gasteiger partial charge is 0.144 e. The van der Waals surface area contributed by atoms with Crippen LogP contribution in [0.1, 0.15) is 25.2 Å². The Balaban J connectivity index is 2.55. The predicted molar refractivity (Wildman–Crippen MR) is 62.8 cm³/mol. The third-order valence-corrected chi connectivity index (χ3v) is 2.57. The second-order valence-corrected chi connectivity index (χ2v) is 4.21. The Morgan fingerprint density at radius 3 is 2.53 bits per heavy atom. The van der Waals surface area contributed by atoms with Crippen LogP contribution in [0.4, 0.5) is 5.82 Å². The summed E-state index contributed by atoms with van der Waals surface area (Å²) in [6, 6.07) is 0.147. The fourth-order valence-electron chi connectivity index (χ4n) is 1.09. The van der Waals surface area contributed by atoms with Gasteiger partial charge in [-0.25, -0.2) is 4.98 Å². The largest absolute Gasteiger partial charge is 0.367 e. The molecule has 0 aliphatic carbocycles. The number of nitrogens with one attached hydrogen (secondary N) is 1. The van der Waals surface area contributed by atoms with Gasteiger partial charge in [-0.3, -0.25) is 4.98 Å². The molecule has 0 fully saturated rings. The van der Waals surface area contributed by atoms with Gasteiger partial charge in [0.2, 0.25) is 0 Å². The molecule has 1 aromatic rings. The first kappa shape index (κ1) is 11.9. The Morgan fingerprint density at radius 1 is 1.33 bits per heavy atom. The number of anilines is 1. The van der Waals surface area contributed by atoms with Crippen LogP contribution in [0, 0.1) is 19.8 Å². The molecule has 0 radical (unpaired) electrons. The van der Waals surface area contributed by atoms with Crippen LogP contribution in [0.15, 0.2) is 6.20 Å². The van der Waals surface area contributed by atoms with Crippen LogP contribution < -0.4 is 11.1 Å². The molecular formula is C11H20N4. The van der Waals surface area contributed by atoms with Crippen molar-refractivity contribution < 1.29 is 0 Å². The molecule has 1 aromatic heterocycles. The molecule has 1 atom stereocenters. The van der Waals surface area contributed by atoms with E-state index in [4.69, 9.17) is 5.73 Å². The summed E-state index contributed by atoms with van der Waals surface area (Å²) in [5.41, 5.74) is 7.84. The highest BCUT2D eigenvalue weighted by Crippen LogP contribution is 2.06. The van der Waals surface area contributed by atoms with E-state index in [0.717, 1.165) is 23.8 Å². The molecule has 0 saturated carbocycles. The van der Waals surface area contributed by atoms with E-state index in [9.17, 15) is 0 Å². The maximum atomic E-state index is 5.92. The third kappa shape index (κ3) is 3.47. The lowest BCUT2D eigenvalue weighted by Crippen LogP contribution is -2.34. The second-order valence-electron chi connectivity index (χ2n) is 4.21. The maximum absolute atomic E-state index is 5.92. The summed E-state index contributed by atoms with van der Waals surface area (Å²) in [5, 5.41) is 3.20. The number of aryl methyl sites for hydroxylation is 2. The van der Waals surface area contributed by atoms with Crippen molar-refractivity contribution in [2.24, 2.45) is 11.7 Å². The standard InChI is InChI=1S/C11H20N4/c1-7(2)10(12)5-14-11-6-13-8(3)9(4)15-11/h6-7,10H,5,12H2,1-4H3,(H,14,15). The zero-order valence-corrected chi connectivity index (χ0v) is 9.91. The summed E-state index contributed by atoms with van der Waals surface area (Å²) in [4.78, 5) is 8.61. The topological polar surface area (TPSA) is 63.8 Å². The van der Waals surface area contributed by atoms with Crippen molar-refractivity contribution in [2.75, 3.05) is 11.9 Å². The monoisotopic (exact) mass is 208 g/mol. The summed E-state index contributed by atoms with van der Waals surface area (Å²) in [5.74, 6) is 1.27. The van der Waals surface area contributed by atoms with E-state index in [1.165, 1.54) is 0 Å². The molecule has 1 rings (SSSR count). The lowest BCUT2D eigenvalue weighted by molar-refractivity contribution is 0.511. The number of aromatic nitrogens is 2. The van der Waals surface area contributed by atoms with E-state index >= 15 is 0 Å². The van der Waals surface area contributed by atoms with Gasteiger partial charge in [-0.05, 0) is 19.8 Å². The quantitative estimate of drug-likeness (QED) is 0.787. The number of rotatable bonds is 4. The Bertz CT molecular complexity index is 322. The highest BCUT2D eigenvalue weighted by molar-refractivity contribution is 5.33. The van der Waals surface area contributed by atoms with Crippen molar-refractivity contribution >= 4 is 5.82 Å². The molecule has 0 spiro atoms. The normalized spacial score (nSPS) is 12.9. The summed E-state index contributed by atoms with van der Waals surface area (Å²) in [6.07, 6.45) is 1.75. The van der Waals surface area contributed by atoms with Crippen molar-refractivity contribution in [3.05, 3.63) is 17.6 Å². The molecule has 4 nitrogen and oxygen atoms in total. The first-order chi connectivity index (χ1) is 7.00. The Hall–Kier alpha value is -1.16. The first-order valence-electron chi connectivity index (χ1n) is 5.30. The van der Waals surface area contributed by atoms with Crippen LogP contribution in [0.3, 0.4) is 0 Å². The average molecular weight is 208 g/mol. The van der Waals surface area contributed by atoms with Gasteiger partial charge >= 0.3 is 0 Å². The molecule has 0 aliphatic heterocycles. The van der Waals surface area contributed by atoms with Gasteiger partial charge in [-0.15, -0.1) is 0 Å². The Kier molecular flexibility index (Phi) is 4.03. The summed E-state index contributed by atoms with van der Waals surface area (Å²) in [6.45, 7) is 8.85. The number of nitrogens with two attached hydrogens (primary N) is 1. The molecule has 0 bridgehead atoms. The van der Waals surface area contributed by atoms with Gasteiger partial charge in [-0.2, -0.15) is 0 Å². The SMILES string of the molecule is Cc1ncc(NCC(N)C(C)C)nc1C. The fraction of sp³-hybridized carbons (Fsp3) is 0.636. The number of hydrogen-bond donors (Lipinski definition) is 2. The summed E-state index contributed by atoms with van der Waals surface area (Å²) >= 11 is 0. The highest BCUT2D eigenvalue weighted by Gasteiger charge is 2.07.